The van der Waals surface area contributed by atoms with E-state index in [-0.39, 0.29) is 11.9 Å². The SMILES string of the molecule is CC(N(C(=N)N)c1ccccc1)N(C(=N)N)c1ccccc1. The van der Waals surface area contributed by atoms with Crippen LogP contribution in [0, 0.1) is 10.8 Å². The Balaban J connectivity index is 2.42. The van der Waals surface area contributed by atoms with Gasteiger partial charge in [-0.15, -0.1) is 0 Å². The van der Waals surface area contributed by atoms with E-state index in [1.165, 1.54) is 0 Å². The summed E-state index contributed by atoms with van der Waals surface area (Å²) >= 11 is 0. The average Bonchev–Trinajstić information content (AvgIpc) is 2.49. The van der Waals surface area contributed by atoms with Gasteiger partial charge in [0.2, 0.25) is 0 Å². The summed E-state index contributed by atoms with van der Waals surface area (Å²) in [5, 5.41) is 15.8. The maximum Gasteiger partial charge on any atom is 0.194 e. The summed E-state index contributed by atoms with van der Waals surface area (Å²) in [6.07, 6.45) is -0.417. The van der Waals surface area contributed by atoms with E-state index in [2.05, 4.69) is 0 Å². The summed E-state index contributed by atoms with van der Waals surface area (Å²) in [4.78, 5) is 3.24. The van der Waals surface area contributed by atoms with Gasteiger partial charge in [0, 0.05) is 11.4 Å². The van der Waals surface area contributed by atoms with Crippen LogP contribution in [-0.2, 0) is 0 Å². The van der Waals surface area contributed by atoms with Gasteiger partial charge >= 0.3 is 0 Å². The fourth-order valence-corrected chi connectivity index (χ4v) is 2.40. The van der Waals surface area contributed by atoms with Crippen molar-refractivity contribution in [1.82, 2.24) is 0 Å². The molecule has 6 heteroatoms. The minimum Gasteiger partial charge on any atom is -0.370 e. The monoisotopic (exact) mass is 296 g/mol. The van der Waals surface area contributed by atoms with Crippen LogP contribution in [0.15, 0.2) is 60.7 Å². The first-order valence-corrected chi connectivity index (χ1v) is 6.89. The van der Waals surface area contributed by atoms with E-state index in [1.807, 2.05) is 67.6 Å². The van der Waals surface area contributed by atoms with Crippen LogP contribution in [0.1, 0.15) is 6.92 Å². The largest absolute Gasteiger partial charge is 0.370 e. The molecule has 0 saturated heterocycles. The standard InChI is InChI=1S/C16H20N6/c1-12(21(15(17)18)13-8-4-2-5-9-13)22(16(19)20)14-10-6-3-7-11-14/h2-12H,1H3,(H3,17,18)(H3,19,20). The molecule has 0 aromatic heterocycles. The van der Waals surface area contributed by atoms with Crippen LogP contribution in [0.2, 0.25) is 0 Å². The summed E-state index contributed by atoms with van der Waals surface area (Å²) in [6.45, 7) is 1.85. The molecule has 0 aliphatic heterocycles. The molecule has 0 aliphatic rings. The Labute approximate surface area is 130 Å². The normalized spacial score (nSPS) is 11.5. The molecule has 2 rings (SSSR count). The molecule has 0 unspecified atom stereocenters. The number of benzene rings is 2. The Bertz CT molecular complexity index is 583. The Morgan fingerprint density at radius 2 is 1.09 bits per heavy atom. The van der Waals surface area contributed by atoms with Gasteiger partial charge in [-0.05, 0) is 31.2 Å². The smallest absolute Gasteiger partial charge is 0.194 e. The molecular formula is C16H20N6. The number of para-hydroxylation sites is 2. The fourth-order valence-electron chi connectivity index (χ4n) is 2.40. The minimum absolute atomic E-state index is 0.110. The quantitative estimate of drug-likeness (QED) is 0.394. The number of guanidine groups is 2. The van der Waals surface area contributed by atoms with Crippen molar-refractivity contribution >= 4 is 23.3 Å². The van der Waals surface area contributed by atoms with Gasteiger partial charge in [-0.1, -0.05) is 36.4 Å². The zero-order valence-electron chi connectivity index (χ0n) is 12.4. The number of anilines is 2. The van der Waals surface area contributed by atoms with Crippen LogP contribution in [0.3, 0.4) is 0 Å². The number of hydrogen-bond donors (Lipinski definition) is 4. The van der Waals surface area contributed by atoms with E-state index < -0.39 is 6.17 Å². The summed E-state index contributed by atoms with van der Waals surface area (Å²) < 4.78 is 0. The van der Waals surface area contributed by atoms with Crippen LogP contribution in [0.5, 0.6) is 0 Å². The molecule has 2 aromatic rings. The van der Waals surface area contributed by atoms with Crippen molar-refractivity contribution in [3.63, 3.8) is 0 Å². The van der Waals surface area contributed by atoms with Gasteiger partial charge in [-0.3, -0.25) is 20.6 Å². The third kappa shape index (κ3) is 3.17. The number of rotatable bonds is 4. The van der Waals surface area contributed by atoms with Crippen molar-refractivity contribution in [3.8, 4) is 0 Å². The number of nitrogens with two attached hydrogens (primary N) is 2. The lowest BCUT2D eigenvalue weighted by molar-refractivity contribution is 0.737. The molecule has 6 N–H and O–H groups in total. The van der Waals surface area contributed by atoms with Crippen LogP contribution >= 0.6 is 0 Å². The molecule has 6 nitrogen and oxygen atoms in total. The zero-order chi connectivity index (χ0) is 16.1. The highest BCUT2D eigenvalue weighted by Crippen LogP contribution is 2.22. The average molecular weight is 296 g/mol. The molecule has 0 radical (unpaired) electrons. The van der Waals surface area contributed by atoms with Gasteiger partial charge in [0.15, 0.2) is 11.9 Å². The molecule has 0 spiro atoms. The highest BCUT2D eigenvalue weighted by molar-refractivity contribution is 5.98. The maximum atomic E-state index is 7.88. The fraction of sp³-hybridized carbons (Fsp3) is 0.125. The van der Waals surface area contributed by atoms with Crippen LogP contribution < -0.4 is 21.3 Å². The number of hydrogen-bond acceptors (Lipinski definition) is 2. The van der Waals surface area contributed by atoms with Crippen molar-refractivity contribution in [3.05, 3.63) is 60.7 Å². The van der Waals surface area contributed by atoms with Crippen molar-refractivity contribution in [2.75, 3.05) is 9.80 Å². The van der Waals surface area contributed by atoms with Crippen molar-refractivity contribution < 1.29 is 0 Å². The Kier molecular flexibility index (Phi) is 4.63. The molecule has 0 fully saturated rings. The molecule has 0 bridgehead atoms. The lowest BCUT2D eigenvalue weighted by atomic mass is 10.2. The van der Waals surface area contributed by atoms with Crippen molar-refractivity contribution in [1.29, 1.82) is 10.8 Å². The van der Waals surface area contributed by atoms with E-state index in [1.54, 1.807) is 9.80 Å². The summed E-state index contributed by atoms with van der Waals surface area (Å²) in [5.74, 6) is -0.221. The van der Waals surface area contributed by atoms with E-state index in [4.69, 9.17) is 22.3 Å². The predicted molar refractivity (Wildman–Crippen MR) is 91.1 cm³/mol. The van der Waals surface area contributed by atoms with Gasteiger partial charge in [-0.25, -0.2) is 0 Å². The second kappa shape index (κ2) is 6.62. The Hall–Kier alpha value is -3.02. The molecule has 0 atom stereocenters. The summed E-state index contributed by atoms with van der Waals surface area (Å²) in [6, 6.07) is 18.7. The molecular weight excluding hydrogens is 276 g/mol. The number of nitrogens with one attached hydrogen (secondary N) is 2. The van der Waals surface area contributed by atoms with Gasteiger partial charge in [-0.2, -0.15) is 0 Å². The van der Waals surface area contributed by atoms with E-state index in [0.717, 1.165) is 11.4 Å². The molecule has 0 heterocycles. The van der Waals surface area contributed by atoms with Crippen molar-refractivity contribution in [2.24, 2.45) is 11.5 Å². The van der Waals surface area contributed by atoms with Crippen LogP contribution in [0.4, 0.5) is 11.4 Å². The maximum absolute atomic E-state index is 7.88. The summed E-state index contributed by atoms with van der Waals surface area (Å²) in [7, 11) is 0. The first-order chi connectivity index (χ1) is 10.5. The molecule has 114 valence electrons. The lowest BCUT2D eigenvalue weighted by Crippen LogP contribution is -2.55. The van der Waals surface area contributed by atoms with Gasteiger partial charge in [0.1, 0.15) is 6.17 Å². The molecule has 0 amide bonds. The Morgan fingerprint density at radius 3 is 1.36 bits per heavy atom. The van der Waals surface area contributed by atoms with Crippen LogP contribution in [-0.4, -0.2) is 18.1 Å². The van der Waals surface area contributed by atoms with Crippen molar-refractivity contribution in [2.45, 2.75) is 13.1 Å². The van der Waals surface area contributed by atoms with Gasteiger partial charge in [0.25, 0.3) is 0 Å². The van der Waals surface area contributed by atoms with Gasteiger partial charge < -0.3 is 11.5 Å². The van der Waals surface area contributed by atoms with Crippen LogP contribution in [0.25, 0.3) is 0 Å². The molecule has 0 aliphatic carbocycles. The Morgan fingerprint density at radius 1 is 0.773 bits per heavy atom. The third-order valence-electron chi connectivity index (χ3n) is 3.34. The topological polar surface area (TPSA) is 106 Å². The first-order valence-electron chi connectivity index (χ1n) is 6.89. The van der Waals surface area contributed by atoms with E-state index in [0.29, 0.717) is 0 Å². The minimum atomic E-state index is -0.417. The predicted octanol–water partition coefficient (Wildman–Crippen LogP) is 2.13. The molecule has 2 aromatic carbocycles. The summed E-state index contributed by atoms with van der Waals surface area (Å²) in [5.41, 5.74) is 13.1. The highest BCUT2D eigenvalue weighted by Gasteiger charge is 2.25. The van der Waals surface area contributed by atoms with E-state index >= 15 is 0 Å². The van der Waals surface area contributed by atoms with Gasteiger partial charge in [0.05, 0.1) is 0 Å². The zero-order valence-corrected chi connectivity index (χ0v) is 12.4. The van der Waals surface area contributed by atoms with E-state index in [9.17, 15) is 0 Å². The third-order valence-corrected chi connectivity index (χ3v) is 3.34. The molecule has 22 heavy (non-hydrogen) atoms. The second-order valence-electron chi connectivity index (χ2n) is 4.81. The number of nitrogens with zero attached hydrogens (tertiary/aromatic N) is 2. The molecule has 0 saturated carbocycles. The second-order valence-corrected chi connectivity index (χ2v) is 4.81. The highest BCUT2D eigenvalue weighted by atomic mass is 15.4. The lowest BCUT2D eigenvalue weighted by Gasteiger charge is -2.38. The first kappa shape index (κ1) is 15.4.